The van der Waals surface area contributed by atoms with Crippen LogP contribution in [-0.4, -0.2) is 15.0 Å². The standard InChI is InChI=1S/C9H13ClO3S/c1-3-13-14(11,12)9-5-4-8(10)6-7(9)2/h6H,3-5H2,1-2H3. The SMILES string of the molecule is CCOS(=O)(=O)C1=C(C)C=C(Cl)CC1. The number of hydrogen-bond donors (Lipinski definition) is 0. The minimum atomic E-state index is -3.53. The lowest BCUT2D eigenvalue weighted by atomic mass is 10.1. The second-order valence-electron chi connectivity index (χ2n) is 3.06. The molecule has 1 aliphatic rings. The molecular weight excluding hydrogens is 224 g/mol. The molecule has 80 valence electrons. The van der Waals surface area contributed by atoms with Gasteiger partial charge in [-0.2, -0.15) is 8.42 Å². The van der Waals surface area contributed by atoms with Crippen LogP contribution in [0.2, 0.25) is 0 Å². The van der Waals surface area contributed by atoms with E-state index in [2.05, 4.69) is 0 Å². The summed E-state index contributed by atoms with van der Waals surface area (Å²) in [5.74, 6) is 0. The zero-order chi connectivity index (χ0) is 10.8. The Balaban J connectivity index is 3.05. The molecule has 3 nitrogen and oxygen atoms in total. The van der Waals surface area contributed by atoms with Crippen LogP contribution >= 0.6 is 11.6 Å². The van der Waals surface area contributed by atoms with Crippen LogP contribution in [0, 0.1) is 0 Å². The zero-order valence-electron chi connectivity index (χ0n) is 8.21. The average Bonchev–Trinajstić information content (AvgIpc) is 2.02. The van der Waals surface area contributed by atoms with Gasteiger partial charge in [0.25, 0.3) is 10.1 Å². The molecule has 0 unspecified atom stereocenters. The molecular formula is C9H13ClO3S. The van der Waals surface area contributed by atoms with Gasteiger partial charge in [-0.25, -0.2) is 0 Å². The number of rotatable bonds is 3. The first-order valence-electron chi connectivity index (χ1n) is 4.42. The highest BCUT2D eigenvalue weighted by Crippen LogP contribution is 2.29. The average molecular weight is 237 g/mol. The number of allylic oxidation sites excluding steroid dienone is 4. The van der Waals surface area contributed by atoms with Crippen LogP contribution in [0.3, 0.4) is 0 Å². The van der Waals surface area contributed by atoms with Crippen molar-refractivity contribution in [3.8, 4) is 0 Å². The molecule has 0 amide bonds. The molecule has 0 aliphatic heterocycles. The lowest BCUT2D eigenvalue weighted by Gasteiger charge is -2.14. The van der Waals surface area contributed by atoms with E-state index in [1.54, 1.807) is 19.9 Å². The molecule has 0 aromatic heterocycles. The molecule has 0 saturated heterocycles. The normalized spacial score (nSPS) is 18.4. The summed E-state index contributed by atoms with van der Waals surface area (Å²) in [4.78, 5) is 0.351. The van der Waals surface area contributed by atoms with E-state index in [1.165, 1.54) is 0 Å². The third kappa shape index (κ3) is 2.59. The van der Waals surface area contributed by atoms with Crippen LogP contribution in [0.4, 0.5) is 0 Å². The highest BCUT2D eigenvalue weighted by Gasteiger charge is 2.22. The van der Waals surface area contributed by atoms with Gasteiger partial charge in [0.15, 0.2) is 0 Å². The summed E-state index contributed by atoms with van der Waals surface area (Å²) < 4.78 is 27.8. The van der Waals surface area contributed by atoms with Gasteiger partial charge in [0.2, 0.25) is 0 Å². The van der Waals surface area contributed by atoms with Crippen LogP contribution in [0.1, 0.15) is 26.7 Å². The first-order chi connectivity index (χ1) is 6.47. The van der Waals surface area contributed by atoms with E-state index in [4.69, 9.17) is 15.8 Å². The van der Waals surface area contributed by atoms with E-state index >= 15 is 0 Å². The van der Waals surface area contributed by atoms with Gasteiger partial charge in [0.05, 0.1) is 11.5 Å². The Morgan fingerprint density at radius 2 is 2.14 bits per heavy atom. The second-order valence-corrected chi connectivity index (χ2v) is 5.18. The molecule has 1 aliphatic carbocycles. The molecule has 14 heavy (non-hydrogen) atoms. The predicted octanol–water partition coefficient (Wildman–Crippen LogP) is 2.54. The fraction of sp³-hybridized carbons (Fsp3) is 0.556. The van der Waals surface area contributed by atoms with Crippen molar-refractivity contribution in [1.29, 1.82) is 0 Å². The zero-order valence-corrected chi connectivity index (χ0v) is 9.78. The maximum Gasteiger partial charge on any atom is 0.293 e. The summed E-state index contributed by atoms with van der Waals surface area (Å²) in [5, 5.41) is 0.693. The molecule has 1 rings (SSSR count). The smallest absolute Gasteiger partial charge is 0.267 e. The molecule has 5 heteroatoms. The van der Waals surface area contributed by atoms with Gasteiger partial charge in [-0.05, 0) is 38.3 Å². The van der Waals surface area contributed by atoms with Gasteiger partial charge < -0.3 is 0 Å². The fourth-order valence-electron chi connectivity index (χ4n) is 1.37. The van der Waals surface area contributed by atoms with Crippen molar-refractivity contribution in [2.75, 3.05) is 6.61 Å². The number of hydrogen-bond acceptors (Lipinski definition) is 3. The Labute approximate surface area is 89.5 Å². The van der Waals surface area contributed by atoms with Crippen LogP contribution in [-0.2, 0) is 14.3 Å². The summed E-state index contributed by atoms with van der Waals surface area (Å²) in [6.45, 7) is 3.54. The van der Waals surface area contributed by atoms with E-state index in [0.29, 0.717) is 28.4 Å². The van der Waals surface area contributed by atoms with Gasteiger partial charge in [0, 0.05) is 5.03 Å². The van der Waals surface area contributed by atoms with E-state index in [1.807, 2.05) is 0 Å². The fourth-order valence-corrected chi connectivity index (χ4v) is 2.88. The first-order valence-corrected chi connectivity index (χ1v) is 6.21. The monoisotopic (exact) mass is 236 g/mol. The highest BCUT2D eigenvalue weighted by atomic mass is 35.5. The van der Waals surface area contributed by atoms with Gasteiger partial charge in [0.1, 0.15) is 0 Å². The number of halogens is 1. The molecule has 0 aromatic carbocycles. The van der Waals surface area contributed by atoms with E-state index in [-0.39, 0.29) is 6.61 Å². The van der Waals surface area contributed by atoms with Crippen molar-refractivity contribution < 1.29 is 12.6 Å². The van der Waals surface area contributed by atoms with Gasteiger partial charge in [-0.1, -0.05) is 11.6 Å². The molecule has 0 N–H and O–H groups in total. The van der Waals surface area contributed by atoms with Crippen molar-refractivity contribution in [2.24, 2.45) is 0 Å². The summed E-state index contributed by atoms with van der Waals surface area (Å²) in [7, 11) is -3.53. The van der Waals surface area contributed by atoms with Crippen LogP contribution < -0.4 is 0 Å². The van der Waals surface area contributed by atoms with E-state index in [0.717, 1.165) is 0 Å². The minimum absolute atomic E-state index is 0.163. The Hall–Kier alpha value is -0.320. The Kier molecular flexibility index (Phi) is 3.75. The lowest BCUT2D eigenvalue weighted by molar-refractivity contribution is 0.341. The molecule has 0 aromatic rings. The molecule has 0 fully saturated rings. The largest absolute Gasteiger partial charge is 0.293 e. The topological polar surface area (TPSA) is 43.4 Å². The van der Waals surface area contributed by atoms with Gasteiger partial charge in [-0.3, -0.25) is 4.18 Å². The maximum atomic E-state index is 11.6. The first kappa shape index (κ1) is 11.8. The van der Waals surface area contributed by atoms with Crippen molar-refractivity contribution in [1.82, 2.24) is 0 Å². The van der Waals surface area contributed by atoms with Crippen molar-refractivity contribution >= 4 is 21.7 Å². The predicted molar refractivity (Wildman–Crippen MR) is 56.4 cm³/mol. The van der Waals surface area contributed by atoms with Crippen molar-refractivity contribution in [2.45, 2.75) is 26.7 Å². The van der Waals surface area contributed by atoms with Gasteiger partial charge >= 0.3 is 0 Å². The quantitative estimate of drug-likeness (QED) is 0.708. The molecule has 0 radical (unpaired) electrons. The van der Waals surface area contributed by atoms with Crippen LogP contribution in [0.15, 0.2) is 21.6 Å². The molecule has 0 heterocycles. The molecule has 0 atom stereocenters. The summed E-state index contributed by atoms with van der Waals surface area (Å²) >= 11 is 5.80. The van der Waals surface area contributed by atoms with Crippen molar-refractivity contribution in [3.63, 3.8) is 0 Å². The maximum absolute atomic E-state index is 11.6. The second kappa shape index (κ2) is 4.47. The lowest BCUT2D eigenvalue weighted by Crippen LogP contribution is -2.12. The van der Waals surface area contributed by atoms with Gasteiger partial charge in [-0.15, -0.1) is 0 Å². The molecule has 0 spiro atoms. The Morgan fingerprint density at radius 1 is 1.50 bits per heavy atom. The Bertz CT molecular complexity index is 379. The summed E-state index contributed by atoms with van der Waals surface area (Å²) in [6.07, 6.45) is 2.68. The third-order valence-corrected chi connectivity index (χ3v) is 3.95. The van der Waals surface area contributed by atoms with Crippen LogP contribution in [0.25, 0.3) is 0 Å². The molecule has 0 bridgehead atoms. The summed E-state index contributed by atoms with van der Waals surface area (Å²) in [5.41, 5.74) is 0.676. The van der Waals surface area contributed by atoms with E-state index < -0.39 is 10.1 Å². The van der Waals surface area contributed by atoms with E-state index in [9.17, 15) is 8.42 Å². The highest BCUT2D eigenvalue weighted by molar-refractivity contribution is 7.90. The van der Waals surface area contributed by atoms with Crippen LogP contribution in [0.5, 0.6) is 0 Å². The molecule has 0 saturated carbocycles. The summed E-state index contributed by atoms with van der Waals surface area (Å²) in [6, 6.07) is 0. The van der Waals surface area contributed by atoms with Crippen molar-refractivity contribution in [3.05, 3.63) is 21.6 Å². The third-order valence-electron chi connectivity index (χ3n) is 1.98. The Morgan fingerprint density at radius 3 is 2.64 bits per heavy atom. The minimum Gasteiger partial charge on any atom is -0.267 e.